The summed E-state index contributed by atoms with van der Waals surface area (Å²) < 4.78 is 7.16. The molecule has 4 aromatic rings. The van der Waals surface area contributed by atoms with E-state index in [0.717, 1.165) is 16.7 Å². The summed E-state index contributed by atoms with van der Waals surface area (Å²) in [6.07, 6.45) is 2.67. The van der Waals surface area contributed by atoms with Gasteiger partial charge in [0.25, 0.3) is 0 Å². The Morgan fingerprint density at radius 3 is 2.32 bits per heavy atom. The second kappa shape index (κ2) is 7.60. The molecule has 1 aliphatic rings. The summed E-state index contributed by atoms with van der Waals surface area (Å²) >= 11 is 0. The van der Waals surface area contributed by atoms with Crippen molar-refractivity contribution in [3.05, 3.63) is 95.4 Å². The van der Waals surface area contributed by atoms with Gasteiger partial charge in [0.15, 0.2) is 5.69 Å². The van der Waals surface area contributed by atoms with Crippen LogP contribution in [-0.4, -0.2) is 33.2 Å². The molecule has 1 aliphatic carbocycles. The molecule has 0 bridgehead atoms. The molecule has 0 unspecified atom stereocenters. The molecule has 2 aromatic carbocycles. The number of carbonyl (C=O) groups is 2. The number of carboxylic acid groups (broad SMARTS) is 1. The molecule has 0 spiro atoms. The zero-order valence-electron chi connectivity index (χ0n) is 16.5. The van der Waals surface area contributed by atoms with E-state index < -0.39 is 12.1 Å². The molecule has 2 N–H and O–H groups in total. The smallest absolute Gasteiger partial charge is 0.407 e. The summed E-state index contributed by atoms with van der Waals surface area (Å²) in [6.45, 7) is 0.510. The van der Waals surface area contributed by atoms with Crippen LogP contribution in [0.2, 0.25) is 0 Å². The molecule has 2 heterocycles. The van der Waals surface area contributed by atoms with Gasteiger partial charge >= 0.3 is 12.1 Å². The highest BCUT2D eigenvalue weighted by atomic mass is 16.5. The van der Waals surface area contributed by atoms with Crippen molar-refractivity contribution in [3.63, 3.8) is 0 Å². The SMILES string of the molecule is O=C(NCc1ccc2nc(C(=O)O)cn2c1)OCC1c2ccccc2-c2ccccc21. The first-order valence-electron chi connectivity index (χ1n) is 9.90. The van der Waals surface area contributed by atoms with Gasteiger partial charge in [-0.2, -0.15) is 0 Å². The Morgan fingerprint density at radius 2 is 1.65 bits per heavy atom. The van der Waals surface area contributed by atoms with Gasteiger partial charge < -0.3 is 19.6 Å². The van der Waals surface area contributed by atoms with E-state index in [9.17, 15) is 9.59 Å². The number of rotatable bonds is 5. The molecule has 5 rings (SSSR count). The molecule has 0 saturated heterocycles. The standard InChI is InChI=1S/C24H19N3O4/c28-23(29)21-13-27-12-15(9-10-22(27)26-21)11-25-24(30)31-14-20-18-7-3-1-5-16(18)17-6-2-4-8-19(17)20/h1-10,12-13,20H,11,14H2,(H,25,30)(H,28,29). The predicted molar refractivity (Wildman–Crippen MR) is 114 cm³/mol. The minimum absolute atomic E-state index is 0.00916. The van der Waals surface area contributed by atoms with Gasteiger partial charge in [-0.1, -0.05) is 54.6 Å². The van der Waals surface area contributed by atoms with Crippen LogP contribution in [0.5, 0.6) is 0 Å². The number of carboxylic acids is 1. The van der Waals surface area contributed by atoms with Gasteiger partial charge in [-0.15, -0.1) is 0 Å². The van der Waals surface area contributed by atoms with Gasteiger partial charge in [0.2, 0.25) is 0 Å². The van der Waals surface area contributed by atoms with Crippen molar-refractivity contribution < 1.29 is 19.4 Å². The fourth-order valence-electron chi connectivity index (χ4n) is 4.07. The van der Waals surface area contributed by atoms with E-state index in [2.05, 4.69) is 34.6 Å². The maximum atomic E-state index is 12.3. The van der Waals surface area contributed by atoms with Gasteiger partial charge in [0, 0.05) is 24.9 Å². The maximum absolute atomic E-state index is 12.3. The van der Waals surface area contributed by atoms with Crippen LogP contribution in [0, 0.1) is 0 Å². The monoisotopic (exact) mass is 413 g/mol. The van der Waals surface area contributed by atoms with Crippen molar-refractivity contribution in [2.45, 2.75) is 12.5 Å². The number of nitrogens with one attached hydrogen (secondary N) is 1. The van der Waals surface area contributed by atoms with Crippen molar-refractivity contribution in [3.8, 4) is 11.1 Å². The minimum atomic E-state index is -1.08. The zero-order valence-corrected chi connectivity index (χ0v) is 16.5. The molecule has 2 aromatic heterocycles. The van der Waals surface area contributed by atoms with E-state index >= 15 is 0 Å². The number of hydrogen-bond donors (Lipinski definition) is 2. The second-order valence-corrected chi connectivity index (χ2v) is 7.41. The number of amides is 1. The quantitative estimate of drug-likeness (QED) is 0.514. The minimum Gasteiger partial charge on any atom is -0.476 e. The number of carbonyl (C=O) groups excluding carboxylic acids is 1. The number of fused-ring (bicyclic) bond motifs is 4. The summed E-state index contributed by atoms with van der Waals surface area (Å²) in [4.78, 5) is 27.4. The Hall–Kier alpha value is -4.13. The van der Waals surface area contributed by atoms with Gasteiger partial charge in [-0.05, 0) is 33.9 Å². The van der Waals surface area contributed by atoms with Crippen molar-refractivity contribution in [1.82, 2.24) is 14.7 Å². The lowest BCUT2D eigenvalue weighted by Gasteiger charge is -2.14. The fraction of sp³-hybridized carbons (Fsp3) is 0.125. The number of pyridine rings is 1. The van der Waals surface area contributed by atoms with Gasteiger partial charge in [-0.25, -0.2) is 14.6 Å². The van der Waals surface area contributed by atoms with Crippen LogP contribution in [0.3, 0.4) is 0 Å². The van der Waals surface area contributed by atoms with Crippen LogP contribution in [0.4, 0.5) is 4.79 Å². The molecule has 31 heavy (non-hydrogen) atoms. The van der Waals surface area contributed by atoms with Gasteiger partial charge in [0.1, 0.15) is 12.3 Å². The molecule has 154 valence electrons. The molecule has 1 amide bonds. The molecular formula is C24H19N3O4. The van der Waals surface area contributed by atoms with Crippen LogP contribution in [-0.2, 0) is 11.3 Å². The summed E-state index contributed by atoms with van der Waals surface area (Å²) in [5.41, 5.74) is 6.00. The Kier molecular flexibility index (Phi) is 4.63. The average molecular weight is 413 g/mol. The molecule has 0 fully saturated rings. The Balaban J connectivity index is 1.24. The number of alkyl carbamates (subject to hydrolysis) is 1. The third-order valence-corrected chi connectivity index (χ3v) is 5.51. The van der Waals surface area contributed by atoms with Crippen LogP contribution in [0.25, 0.3) is 16.8 Å². The number of hydrogen-bond acceptors (Lipinski definition) is 4. The molecule has 0 atom stereocenters. The Bertz CT molecular complexity index is 1270. The Labute approximate surface area is 177 Å². The lowest BCUT2D eigenvalue weighted by Crippen LogP contribution is -2.25. The topological polar surface area (TPSA) is 92.9 Å². The van der Waals surface area contributed by atoms with E-state index in [1.54, 1.807) is 22.7 Å². The van der Waals surface area contributed by atoms with E-state index in [-0.39, 0.29) is 24.8 Å². The highest BCUT2D eigenvalue weighted by Gasteiger charge is 2.28. The molecule has 7 nitrogen and oxygen atoms in total. The molecule has 0 radical (unpaired) electrons. The summed E-state index contributed by atoms with van der Waals surface area (Å²) in [5.74, 6) is -1.07. The number of aromatic carboxylic acids is 1. The normalized spacial score (nSPS) is 12.4. The first-order chi connectivity index (χ1) is 15.1. The number of nitrogens with zero attached hydrogens (tertiary/aromatic N) is 2. The van der Waals surface area contributed by atoms with Crippen molar-refractivity contribution in [2.75, 3.05) is 6.61 Å². The number of imidazole rings is 1. The van der Waals surface area contributed by atoms with Gasteiger partial charge in [0.05, 0.1) is 0 Å². The first kappa shape index (κ1) is 18.9. The third kappa shape index (κ3) is 3.50. The van der Waals surface area contributed by atoms with Crippen LogP contribution in [0.15, 0.2) is 73.1 Å². The van der Waals surface area contributed by atoms with E-state index in [0.29, 0.717) is 5.65 Å². The summed E-state index contributed by atoms with van der Waals surface area (Å²) in [7, 11) is 0. The number of aromatic nitrogens is 2. The Morgan fingerprint density at radius 1 is 0.968 bits per heavy atom. The molecule has 7 heteroatoms. The average Bonchev–Trinajstić information content (AvgIpc) is 3.35. The van der Waals surface area contributed by atoms with E-state index in [4.69, 9.17) is 9.84 Å². The van der Waals surface area contributed by atoms with Crippen LogP contribution < -0.4 is 5.32 Å². The van der Waals surface area contributed by atoms with Crippen molar-refractivity contribution in [2.24, 2.45) is 0 Å². The largest absolute Gasteiger partial charge is 0.476 e. The lowest BCUT2D eigenvalue weighted by atomic mass is 9.98. The third-order valence-electron chi connectivity index (χ3n) is 5.51. The number of ether oxygens (including phenoxy) is 1. The van der Waals surface area contributed by atoms with Crippen LogP contribution in [0.1, 0.15) is 33.1 Å². The van der Waals surface area contributed by atoms with E-state index in [1.807, 2.05) is 24.3 Å². The predicted octanol–water partition coefficient (Wildman–Crippen LogP) is 4.07. The molecular weight excluding hydrogens is 394 g/mol. The van der Waals surface area contributed by atoms with Crippen molar-refractivity contribution >= 4 is 17.7 Å². The number of benzene rings is 2. The highest BCUT2D eigenvalue weighted by Crippen LogP contribution is 2.44. The summed E-state index contributed by atoms with van der Waals surface area (Å²) in [5, 5.41) is 11.8. The molecule has 0 saturated carbocycles. The summed E-state index contributed by atoms with van der Waals surface area (Å²) in [6, 6.07) is 19.9. The molecule has 0 aliphatic heterocycles. The second-order valence-electron chi connectivity index (χ2n) is 7.41. The first-order valence-corrected chi connectivity index (χ1v) is 9.90. The highest BCUT2D eigenvalue weighted by molar-refractivity contribution is 5.86. The maximum Gasteiger partial charge on any atom is 0.407 e. The van der Waals surface area contributed by atoms with Gasteiger partial charge in [-0.3, -0.25) is 0 Å². The lowest BCUT2D eigenvalue weighted by molar-refractivity contribution is 0.0691. The van der Waals surface area contributed by atoms with Crippen LogP contribution >= 0.6 is 0 Å². The van der Waals surface area contributed by atoms with Crippen molar-refractivity contribution in [1.29, 1.82) is 0 Å². The van der Waals surface area contributed by atoms with E-state index in [1.165, 1.54) is 17.3 Å². The zero-order chi connectivity index (χ0) is 21.4. The fourth-order valence-corrected chi connectivity index (χ4v) is 4.07.